The van der Waals surface area contributed by atoms with Crippen LogP contribution >= 0.6 is 0 Å². The van der Waals surface area contributed by atoms with E-state index in [1.165, 1.54) is 12.3 Å². The average Bonchev–Trinajstić information content (AvgIpc) is 2.48. The Morgan fingerprint density at radius 2 is 2.00 bits per heavy atom. The van der Waals surface area contributed by atoms with Crippen molar-refractivity contribution >= 4 is 15.8 Å². The Bertz CT molecular complexity index is 642. The molecule has 2 heterocycles. The van der Waals surface area contributed by atoms with Gasteiger partial charge in [-0.15, -0.1) is 0 Å². The normalized spacial score (nSPS) is 11.2. The topological polar surface area (TPSA) is 84.0 Å². The largest absolute Gasteiger partial charge is 0.373 e. The summed E-state index contributed by atoms with van der Waals surface area (Å²) in [6, 6.07) is 8.69. The summed E-state index contributed by atoms with van der Waals surface area (Å²) in [5, 5.41) is 2.84. The molecule has 20 heavy (non-hydrogen) atoms. The van der Waals surface area contributed by atoms with E-state index in [4.69, 9.17) is 0 Å². The monoisotopic (exact) mass is 292 g/mol. The molecule has 7 heteroatoms. The van der Waals surface area contributed by atoms with Crippen molar-refractivity contribution in [1.29, 1.82) is 0 Å². The molecular formula is C13H16N4O2S. The van der Waals surface area contributed by atoms with Gasteiger partial charge in [-0.05, 0) is 24.3 Å². The summed E-state index contributed by atoms with van der Waals surface area (Å²) in [4.78, 5) is 8.28. The van der Waals surface area contributed by atoms with Crippen LogP contribution in [0, 0.1) is 0 Å². The van der Waals surface area contributed by atoms with Crippen molar-refractivity contribution in [1.82, 2.24) is 14.7 Å². The number of sulfonamides is 1. The van der Waals surface area contributed by atoms with E-state index in [0.29, 0.717) is 18.8 Å². The van der Waals surface area contributed by atoms with Crippen LogP contribution in [0.4, 0.5) is 5.82 Å². The summed E-state index contributed by atoms with van der Waals surface area (Å²) in [6.45, 7) is 0.299. The molecule has 0 aliphatic rings. The van der Waals surface area contributed by atoms with Crippen molar-refractivity contribution in [2.45, 2.75) is 11.3 Å². The van der Waals surface area contributed by atoms with Gasteiger partial charge in [0.05, 0.1) is 0 Å². The van der Waals surface area contributed by atoms with Crippen molar-refractivity contribution in [3.05, 3.63) is 48.4 Å². The minimum atomic E-state index is -3.52. The molecule has 0 saturated carbocycles. The molecule has 6 nitrogen and oxygen atoms in total. The third-order valence-corrected chi connectivity index (χ3v) is 4.15. The highest BCUT2D eigenvalue weighted by Crippen LogP contribution is 2.09. The van der Waals surface area contributed by atoms with Crippen LogP contribution < -0.4 is 10.0 Å². The number of aromatic nitrogens is 2. The highest BCUT2D eigenvalue weighted by Gasteiger charge is 2.13. The molecular weight excluding hydrogens is 276 g/mol. The first-order valence-corrected chi connectivity index (χ1v) is 7.63. The van der Waals surface area contributed by atoms with Crippen LogP contribution in [0.5, 0.6) is 0 Å². The first-order chi connectivity index (χ1) is 9.62. The number of rotatable bonds is 6. The molecule has 0 atom stereocenters. The Morgan fingerprint density at radius 3 is 2.60 bits per heavy atom. The third kappa shape index (κ3) is 3.75. The van der Waals surface area contributed by atoms with Crippen LogP contribution in [0.25, 0.3) is 0 Å². The van der Waals surface area contributed by atoms with Crippen molar-refractivity contribution < 1.29 is 8.42 Å². The zero-order chi connectivity index (χ0) is 14.4. The van der Waals surface area contributed by atoms with Crippen LogP contribution in [0.2, 0.25) is 0 Å². The van der Waals surface area contributed by atoms with Crippen LogP contribution in [-0.2, 0) is 16.4 Å². The fraction of sp³-hybridized carbons (Fsp3) is 0.231. The lowest BCUT2D eigenvalue weighted by molar-refractivity contribution is 0.581. The van der Waals surface area contributed by atoms with E-state index >= 15 is 0 Å². The lowest BCUT2D eigenvalue weighted by Crippen LogP contribution is -2.26. The SMILES string of the molecule is CNc1ccc(S(=O)(=O)NCCc2ccccn2)cn1. The molecule has 2 N–H and O–H groups in total. The van der Waals surface area contributed by atoms with Gasteiger partial charge in [0.2, 0.25) is 10.0 Å². The number of hydrogen-bond acceptors (Lipinski definition) is 5. The van der Waals surface area contributed by atoms with Crippen molar-refractivity contribution in [2.24, 2.45) is 0 Å². The van der Waals surface area contributed by atoms with Crippen molar-refractivity contribution in [3.8, 4) is 0 Å². The first-order valence-electron chi connectivity index (χ1n) is 6.15. The summed E-state index contributed by atoms with van der Waals surface area (Å²) < 4.78 is 26.6. The van der Waals surface area contributed by atoms with Gasteiger partial charge in [0.25, 0.3) is 0 Å². The third-order valence-electron chi connectivity index (χ3n) is 2.70. The number of hydrogen-bond donors (Lipinski definition) is 2. The highest BCUT2D eigenvalue weighted by atomic mass is 32.2. The highest BCUT2D eigenvalue weighted by molar-refractivity contribution is 7.89. The Kier molecular flexibility index (Phi) is 4.65. The quantitative estimate of drug-likeness (QED) is 0.831. The van der Waals surface area contributed by atoms with Crippen LogP contribution in [0.1, 0.15) is 5.69 Å². The molecule has 0 aliphatic heterocycles. The summed E-state index contributed by atoms with van der Waals surface area (Å²) >= 11 is 0. The van der Waals surface area contributed by atoms with E-state index in [1.54, 1.807) is 19.3 Å². The number of nitrogens with one attached hydrogen (secondary N) is 2. The number of pyridine rings is 2. The zero-order valence-corrected chi connectivity index (χ0v) is 11.9. The minimum absolute atomic E-state index is 0.150. The molecule has 2 aromatic rings. The number of anilines is 1. The lowest BCUT2D eigenvalue weighted by Gasteiger charge is -2.07. The molecule has 0 aromatic carbocycles. The van der Waals surface area contributed by atoms with Gasteiger partial charge in [-0.2, -0.15) is 0 Å². The van der Waals surface area contributed by atoms with E-state index < -0.39 is 10.0 Å². The van der Waals surface area contributed by atoms with Crippen LogP contribution in [0.15, 0.2) is 47.6 Å². The van der Waals surface area contributed by atoms with E-state index in [0.717, 1.165) is 5.69 Å². The molecule has 0 spiro atoms. The van der Waals surface area contributed by atoms with E-state index in [-0.39, 0.29) is 4.90 Å². The molecule has 0 unspecified atom stereocenters. The molecule has 0 radical (unpaired) electrons. The Labute approximate surface area is 118 Å². The predicted octanol–water partition coefficient (Wildman–Crippen LogP) is 1.04. The summed E-state index contributed by atoms with van der Waals surface area (Å²) in [5.41, 5.74) is 0.846. The maximum Gasteiger partial charge on any atom is 0.242 e. The lowest BCUT2D eigenvalue weighted by atomic mass is 10.3. The van der Waals surface area contributed by atoms with Gasteiger partial charge < -0.3 is 5.32 Å². The second-order valence-electron chi connectivity index (χ2n) is 4.10. The molecule has 0 fully saturated rings. The molecule has 106 valence electrons. The van der Waals surface area contributed by atoms with Crippen molar-refractivity contribution in [3.63, 3.8) is 0 Å². The van der Waals surface area contributed by atoms with Gasteiger partial charge in [0, 0.05) is 38.1 Å². The second kappa shape index (κ2) is 6.44. The van der Waals surface area contributed by atoms with Gasteiger partial charge in [-0.3, -0.25) is 4.98 Å². The van der Waals surface area contributed by atoms with Crippen LogP contribution in [-0.4, -0.2) is 32.0 Å². The smallest absolute Gasteiger partial charge is 0.242 e. The fourth-order valence-electron chi connectivity index (χ4n) is 1.63. The van der Waals surface area contributed by atoms with Crippen molar-refractivity contribution in [2.75, 3.05) is 18.9 Å². The van der Waals surface area contributed by atoms with Gasteiger partial charge in [-0.1, -0.05) is 6.07 Å². The molecule has 0 saturated heterocycles. The summed E-state index contributed by atoms with van der Waals surface area (Å²) in [7, 11) is -1.80. The fourth-order valence-corrected chi connectivity index (χ4v) is 2.61. The van der Waals surface area contributed by atoms with Gasteiger partial charge >= 0.3 is 0 Å². The first kappa shape index (κ1) is 14.4. The zero-order valence-electron chi connectivity index (χ0n) is 11.1. The maximum absolute atomic E-state index is 12.0. The van der Waals surface area contributed by atoms with Gasteiger partial charge in [-0.25, -0.2) is 18.1 Å². The summed E-state index contributed by atoms with van der Waals surface area (Å²) in [5.74, 6) is 0.623. The molecule has 0 amide bonds. The van der Waals surface area contributed by atoms with E-state index in [1.807, 2.05) is 18.2 Å². The Hall–Kier alpha value is -1.99. The minimum Gasteiger partial charge on any atom is -0.373 e. The Balaban J connectivity index is 1.96. The molecule has 2 rings (SSSR count). The van der Waals surface area contributed by atoms with Gasteiger partial charge in [0.15, 0.2) is 0 Å². The molecule has 0 bridgehead atoms. The average molecular weight is 292 g/mol. The van der Waals surface area contributed by atoms with Crippen LogP contribution in [0.3, 0.4) is 0 Å². The van der Waals surface area contributed by atoms with E-state index in [9.17, 15) is 8.42 Å². The van der Waals surface area contributed by atoms with E-state index in [2.05, 4.69) is 20.0 Å². The van der Waals surface area contributed by atoms with Gasteiger partial charge in [0.1, 0.15) is 10.7 Å². The summed E-state index contributed by atoms with van der Waals surface area (Å²) in [6.07, 6.45) is 3.56. The molecule has 0 aliphatic carbocycles. The maximum atomic E-state index is 12.0. The predicted molar refractivity (Wildman–Crippen MR) is 76.9 cm³/mol. The standard InChI is InChI=1S/C13H16N4O2S/c1-14-13-6-5-12(10-16-13)20(18,19)17-9-7-11-4-2-3-8-15-11/h2-6,8,10,17H,7,9H2,1H3,(H,14,16). The second-order valence-corrected chi connectivity index (χ2v) is 5.86. The Morgan fingerprint density at radius 1 is 1.15 bits per heavy atom. The molecule has 2 aromatic heterocycles. The number of nitrogens with zero attached hydrogens (tertiary/aromatic N) is 2.